The summed E-state index contributed by atoms with van der Waals surface area (Å²) in [6, 6.07) is 20.8. The molecule has 2 atom stereocenters. The standard InChI is InChI=1S/C24H24N2O3/c27-24(28)22-13-4-5-15-26(22)23(19-9-7-14-25-17-19)18-8-6-12-21(16-18)29-20-10-2-1-3-11-20/h1-3,6-12,14,16-17,22-23H,4-5,13,15H2,(H,27,28). The van der Waals surface area contributed by atoms with Crippen molar-refractivity contribution < 1.29 is 14.6 Å². The van der Waals surface area contributed by atoms with Gasteiger partial charge in [0.15, 0.2) is 0 Å². The first-order chi connectivity index (χ1) is 14.2. The Morgan fingerprint density at radius 2 is 1.79 bits per heavy atom. The average Bonchev–Trinajstić information content (AvgIpc) is 2.76. The molecule has 3 aromatic rings. The van der Waals surface area contributed by atoms with Crippen LogP contribution in [0.25, 0.3) is 0 Å². The molecule has 0 aliphatic carbocycles. The Kier molecular flexibility index (Phi) is 5.86. The predicted molar refractivity (Wildman–Crippen MR) is 111 cm³/mol. The first-order valence-corrected chi connectivity index (χ1v) is 9.94. The topological polar surface area (TPSA) is 62.7 Å². The maximum Gasteiger partial charge on any atom is 0.320 e. The third-order valence-corrected chi connectivity index (χ3v) is 5.31. The van der Waals surface area contributed by atoms with E-state index in [1.807, 2.05) is 72.9 Å². The molecule has 2 unspecified atom stereocenters. The second kappa shape index (κ2) is 8.88. The van der Waals surface area contributed by atoms with Gasteiger partial charge >= 0.3 is 5.97 Å². The Morgan fingerprint density at radius 3 is 2.55 bits per heavy atom. The fourth-order valence-electron chi connectivity index (χ4n) is 4.01. The van der Waals surface area contributed by atoms with Crippen LogP contribution < -0.4 is 4.74 Å². The number of aromatic nitrogens is 1. The van der Waals surface area contributed by atoms with Crippen LogP contribution >= 0.6 is 0 Å². The summed E-state index contributed by atoms with van der Waals surface area (Å²) in [7, 11) is 0. The van der Waals surface area contributed by atoms with E-state index < -0.39 is 12.0 Å². The number of para-hydroxylation sites is 1. The summed E-state index contributed by atoms with van der Waals surface area (Å²) in [5, 5.41) is 9.82. The summed E-state index contributed by atoms with van der Waals surface area (Å²) >= 11 is 0. The van der Waals surface area contributed by atoms with Gasteiger partial charge in [0.1, 0.15) is 17.5 Å². The zero-order chi connectivity index (χ0) is 20.1. The molecule has 1 saturated heterocycles. The minimum absolute atomic E-state index is 0.190. The van der Waals surface area contributed by atoms with Gasteiger partial charge in [-0.2, -0.15) is 0 Å². The van der Waals surface area contributed by atoms with Gasteiger partial charge in [0.25, 0.3) is 0 Å². The number of hydrogen-bond acceptors (Lipinski definition) is 4. The molecule has 0 radical (unpaired) electrons. The van der Waals surface area contributed by atoms with Crippen molar-refractivity contribution in [3.8, 4) is 11.5 Å². The molecule has 1 aliphatic rings. The zero-order valence-corrected chi connectivity index (χ0v) is 16.1. The molecule has 0 spiro atoms. The molecule has 5 nitrogen and oxygen atoms in total. The van der Waals surface area contributed by atoms with Crippen molar-refractivity contribution in [2.45, 2.75) is 31.3 Å². The van der Waals surface area contributed by atoms with Gasteiger partial charge in [-0.3, -0.25) is 14.7 Å². The lowest BCUT2D eigenvalue weighted by molar-refractivity contribution is -0.145. The Bertz CT molecular complexity index is 947. The van der Waals surface area contributed by atoms with Crippen LogP contribution in [0.3, 0.4) is 0 Å². The third kappa shape index (κ3) is 4.46. The first-order valence-electron chi connectivity index (χ1n) is 9.94. The van der Waals surface area contributed by atoms with E-state index in [2.05, 4.69) is 9.88 Å². The monoisotopic (exact) mass is 388 g/mol. The molecule has 5 heteroatoms. The van der Waals surface area contributed by atoms with Gasteiger partial charge in [-0.05, 0) is 60.8 Å². The van der Waals surface area contributed by atoms with E-state index in [0.29, 0.717) is 6.42 Å². The lowest BCUT2D eigenvalue weighted by Gasteiger charge is -2.39. The number of likely N-dealkylation sites (tertiary alicyclic amines) is 1. The van der Waals surface area contributed by atoms with E-state index in [1.165, 1.54) is 0 Å². The van der Waals surface area contributed by atoms with Crippen molar-refractivity contribution in [1.82, 2.24) is 9.88 Å². The molecule has 29 heavy (non-hydrogen) atoms. The number of hydrogen-bond donors (Lipinski definition) is 1. The van der Waals surface area contributed by atoms with Crippen molar-refractivity contribution in [2.24, 2.45) is 0 Å². The Morgan fingerprint density at radius 1 is 1.00 bits per heavy atom. The maximum absolute atomic E-state index is 12.0. The Hall–Kier alpha value is -3.18. The Labute approximate surface area is 170 Å². The number of rotatable bonds is 6. The molecular formula is C24H24N2O3. The minimum atomic E-state index is -0.768. The number of aliphatic carboxylic acids is 1. The number of pyridine rings is 1. The normalized spacial score (nSPS) is 18.1. The van der Waals surface area contributed by atoms with Crippen molar-refractivity contribution in [2.75, 3.05) is 6.54 Å². The molecule has 2 heterocycles. The molecule has 4 rings (SSSR count). The van der Waals surface area contributed by atoms with Crippen LogP contribution in [0, 0.1) is 0 Å². The number of nitrogens with zero attached hydrogens (tertiary/aromatic N) is 2. The maximum atomic E-state index is 12.0. The summed E-state index contributed by atoms with van der Waals surface area (Å²) in [6.07, 6.45) is 6.14. The average molecular weight is 388 g/mol. The van der Waals surface area contributed by atoms with E-state index in [0.717, 1.165) is 42.0 Å². The summed E-state index contributed by atoms with van der Waals surface area (Å²) in [6.45, 7) is 0.736. The third-order valence-electron chi connectivity index (χ3n) is 5.31. The molecule has 1 aromatic heterocycles. The van der Waals surface area contributed by atoms with Crippen LogP contribution in [-0.4, -0.2) is 33.5 Å². The minimum Gasteiger partial charge on any atom is -0.480 e. The van der Waals surface area contributed by atoms with E-state index in [-0.39, 0.29) is 6.04 Å². The second-order valence-electron chi connectivity index (χ2n) is 7.26. The van der Waals surface area contributed by atoms with Crippen LogP contribution in [0.5, 0.6) is 11.5 Å². The summed E-state index contributed by atoms with van der Waals surface area (Å²) < 4.78 is 6.02. The number of carboxylic acids is 1. The lowest BCUT2D eigenvalue weighted by Crippen LogP contribution is -2.46. The molecule has 1 fully saturated rings. The molecule has 0 amide bonds. The highest BCUT2D eigenvalue weighted by atomic mass is 16.5. The fraction of sp³-hybridized carbons (Fsp3) is 0.250. The van der Waals surface area contributed by atoms with Crippen LogP contribution in [0.2, 0.25) is 0 Å². The number of ether oxygens (including phenoxy) is 1. The number of benzene rings is 2. The van der Waals surface area contributed by atoms with Crippen molar-refractivity contribution >= 4 is 5.97 Å². The summed E-state index contributed by atoms with van der Waals surface area (Å²) in [5.74, 6) is 0.728. The van der Waals surface area contributed by atoms with E-state index in [1.54, 1.807) is 6.20 Å². The van der Waals surface area contributed by atoms with Crippen molar-refractivity contribution in [3.05, 3.63) is 90.3 Å². The van der Waals surface area contributed by atoms with E-state index in [9.17, 15) is 9.90 Å². The van der Waals surface area contributed by atoms with Gasteiger partial charge in [0.05, 0.1) is 6.04 Å². The molecule has 0 bridgehead atoms. The van der Waals surface area contributed by atoms with Crippen LogP contribution in [0.1, 0.15) is 36.4 Å². The molecule has 148 valence electrons. The van der Waals surface area contributed by atoms with Crippen LogP contribution in [0.15, 0.2) is 79.1 Å². The first kappa shape index (κ1) is 19.2. The number of carboxylic acid groups (broad SMARTS) is 1. The van der Waals surface area contributed by atoms with Gasteiger partial charge in [-0.15, -0.1) is 0 Å². The zero-order valence-electron chi connectivity index (χ0n) is 16.1. The van der Waals surface area contributed by atoms with Gasteiger partial charge in [0.2, 0.25) is 0 Å². The number of piperidine rings is 1. The molecular weight excluding hydrogens is 364 g/mol. The Balaban J connectivity index is 1.72. The van der Waals surface area contributed by atoms with Gasteiger partial charge in [-0.1, -0.05) is 42.8 Å². The summed E-state index contributed by atoms with van der Waals surface area (Å²) in [4.78, 5) is 18.3. The van der Waals surface area contributed by atoms with Crippen molar-refractivity contribution in [3.63, 3.8) is 0 Å². The lowest BCUT2D eigenvalue weighted by atomic mass is 9.92. The van der Waals surface area contributed by atoms with Crippen molar-refractivity contribution in [1.29, 1.82) is 0 Å². The van der Waals surface area contributed by atoms with Crippen LogP contribution in [-0.2, 0) is 4.79 Å². The molecule has 2 aromatic carbocycles. The largest absolute Gasteiger partial charge is 0.480 e. The second-order valence-corrected chi connectivity index (χ2v) is 7.26. The number of carbonyl (C=O) groups is 1. The van der Waals surface area contributed by atoms with E-state index >= 15 is 0 Å². The van der Waals surface area contributed by atoms with Gasteiger partial charge < -0.3 is 9.84 Å². The highest BCUT2D eigenvalue weighted by Crippen LogP contribution is 2.35. The molecule has 1 aliphatic heterocycles. The van der Waals surface area contributed by atoms with Gasteiger partial charge in [-0.25, -0.2) is 0 Å². The van der Waals surface area contributed by atoms with E-state index in [4.69, 9.17) is 4.74 Å². The summed E-state index contributed by atoms with van der Waals surface area (Å²) in [5.41, 5.74) is 1.98. The fourth-order valence-corrected chi connectivity index (χ4v) is 4.01. The van der Waals surface area contributed by atoms with Crippen LogP contribution in [0.4, 0.5) is 0 Å². The molecule has 0 saturated carbocycles. The quantitative estimate of drug-likeness (QED) is 0.651. The SMILES string of the molecule is O=C(O)C1CCCCN1C(c1cccnc1)c1cccc(Oc2ccccc2)c1. The molecule has 1 N–H and O–H groups in total. The van der Waals surface area contributed by atoms with Gasteiger partial charge in [0, 0.05) is 12.4 Å². The smallest absolute Gasteiger partial charge is 0.320 e. The predicted octanol–water partition coefficient (Wildman–Crippen LogP) is 4.90. The highest BCUT2D eigenvalue weighted by molar-refractivity contribution is 5.73. The highest BCUT2D eigenvalue weighted by Gasteiger charge is 2.35.